The first-order valence-electron chi connectivity index (χ1n) is 17.1. The molecule has 10 rings (SSSR count). The molecule has 50 heavy (non-hydrogen) atoms. The van der Waals surface area contributed by atoms with Gasteiger partial charge in [0.1, 0.15) is 5.65 Å². The summed E-state index contributed by atoms with van der Waals surface area (Å²) in [6.45, 7) is 0. The lowest BCUT2D eigenvalue weighted by atomic mass is 9.95. The Morgan fingerprint density at radius 1 is 0.380 bits per heavy atom. The van der Waals surface area contributed by atoms with Crippen LogP contribution in [0.25, 0.3) is 71.4 Å². The standard InChI is InChI=1S/C47H31N2P/c1-3-13-35(14-4-1)50(36-15-5-2-6-16-36)46-24-12-19-38-37(18-11-20-41(38)46)33-27-25-32(26-28-33)34-29-30-39-40-17-7-9-22-44(40)49-45-23-10-8-21-43(45)48-47(49)42(39)31-34/h1-31H. The van der Waals surface area contributed by atoms with E-state index in [1.54, 1.807) is 0 Å². The molecule has 0 spiro atoms. The van der Waals surface area contributed by atoms with Gasteiger partial charge in [-0.15, -0.1) is 0 Å². The summed E-state index contributed by atoms with van der Waals surface area (Å²) in [5.41, 5.74) is 9.17. The van der Waals surface area contributed by atoms with Gasteiger partial charge < -0.3 is 0 Å². The molecule has 0 aliphatic carbocycles. The van der Waals surface area contributed by atoms with E-state index in [0.717, 1.165) is 22.1 Å². The predicted molar refractivity (Wildman–Crippen MR) is 215 cm³/mol. The Bertz CT molecular complexity index is 2820. The van der Waals surface area contributed by atoms with E-state index in [9.17, 15) is 0 Å². The van der Waals surface area contributed by atoms with Gasteiger partial charge in [-0.25, -0.2) is 4.98 Å². The van der Waals surface area contributed by atoms with Crippen molar-refractivity contribution in [3.63, 3.8) is 0 Å². The molecular weight excluding hydrogens is 624 g/mol. The first-order valence-corrected chi connectivity index (χ1v) is 18.4. The molecule has 0 amide bonds. The molecule has 2 aromatic heterocycles. The van der Waals surface area contributed by atoms with Crippen LogP contribution in [0.4, 0.5) is 0 Å². The maximum absolute atomic E-state index is 5.13. The van der Waals surface area contributed by atoms with Crippen LogP contribution in [0.2, 0.25) is 0 Å². The fraction of sp³-hybridized carbons (Fsp3) is 0. The Morgan fingerprint density at radius 3 is 1.76 bits per heavy atom. The van der Waals surface area contributed by atoms with Gasteiger partial charge in [-0.3, -0.25) is 4.40 Å². The SMILES string of the molecule is c1ccc(P(c2ccccc2)c2cccc3c(-c4ccc(-c5ccc6c7ccccc7n7c8ccccc8nc7c6c5)cc4)cccc23)cc1. The predicted octanol–water partition coefficient (Wildman–Crippen LogP) is 11.0. The van der Waals surface area contributed by atoms with E-state index in [4.69, 9.17) is 4.98 Å². The highest BCUT2D eigenvalue weighted by Crippen LogP contribution is 2.39. The van der Waals surface area contributed by atoms with E-state index < -0.39 is 7.92 Å². The average Bonchev–Trinajstić information content (AvgIpc) is 3.59. The Kier molecular flexibility index (Phi) is 6.82. The number of nitrogens with zero attached hydrogens (tertiary/aromatic N) is 2. The number of fused-ring (bicyclic) bond motifs is 9. The molecule has 0 unspecified atom stereocenters. The first-order chi connectivity index (χ1) is 24.8. The van der Waals surface area contributed by atoms with Gasteiger partial charge in [0, 0.05) is 10.8 Å². The van der Waals surface area contributed by atoms with Crippen molar-refractivity contribution in [2.45, 2.75) is 0 Å². The summed E-state index contributed by atoms with van der Waals surface area (Å²) in [5, 5.41) is 10.3. The topological polar surface area (TPSA) is 17.3 Å². The maximum Gasteiger partial charge on any atom is 0.146 e. The first kappa shape index (κ1) is 28.9. The largest absolute Gasteiger partial charge is 0.292 e. The lowest BCUT2D eigenvalue weighted by Crippen LogP contribution is -2.21. The zero-order chi connectivity index (χ0) is 33.0. The second-order valence-corrected chi connectivity index (χ2v) is 15.0. The van der Waals surface area contributed by atoms with Crippen LogP contribution in [0.15, 0.2) is 188 Å². The third-order valence-electron chi connectivity index (χ3n) is 9.95. The number of hydrogen-bond donors (Lipinski definition) is 0. The van der Waals surface area contributed by atoms with Crippen molar-refractivity contribution >= 4 is 73.0 Å². The van der Waals surface area contributed by atoms with Crippen LogP contribution in [-0.4, -0.2) is 9.38 Å². The summed E-state index contributed by atoms with van der Waals surface area (Å²) in [6, 6.07) is 68.5. The van der Waals surface area contributed by atoms with E-state index >= 15 is 0 Å². The molecule has 2 heterocycles. The molecule has 0 aliphatic heterocycles. The zero-order valence-corrected chi connectivity index (χ0v) is 28.1. The van der Waals surface area contributed by atoms with Crippen molar-refractivity contribution in [2.24, 2.45) is 0 Å². The lowest BCUT2D eigenvalue weighted by Gasteiger charge is -2.22. The van der Waals surface area contributed by atoms with Crippen LogP contribution < -0.4 is 15.9 Å². The molecule has 0 saturated heterocycles. The molecule has 0 atom stereocenters. The van der Waals surface area contributed by atoms with E-state index in [1.807, 2.05) is 0 Å². The zero-order valence-electron chi connectivity index (χ0n) is 27.2. The molecular formula is C47H31N2P. The highest BCUT2D eigenvalue weighted by atomic mass is 31.1. The number of imidazole rings is 1. The molecule has 2 nitrogen and oxygen atoms in total. The van der Waals surface area contributed by atoms with E-state index in [1.165, 1.54) is 65.2 Å². The van der Waals surface area contributed by atoms with Crippen LogP contribution in [0, 0.1) is 0 Å². The highest BCUT2D eigenvalue weighted by Gasteiger charge is 2.20. The third kappa shape index (κ3) is 4.65. The van der Waals surface area contributed by atoms with Gasteiger partial charge in [-0.05, 0) is 86.5 Å². The Labute approximate surface area is 291 Å². The number of hydrogen-bond acceptors (Lipinski definition) is 1. The van der Waals surface area contributed by atoms with Gasteiger partial charge in [0.25, 0.3) is 0 Å². The summed E-state index contributed by atoms with van der Waals surface area (Å²) in [4.78, 5) is 5.13. The van der Waals surface area contributed by atoms with Crippen molar-refractivity contribution in [3.8, 4) is 22.3 Å². The van der Waals surface area contributed by atoms with Gasteiger partial charge in [0.05, 0.1) is 16.6 Å². The fourth-order valence-corrected chi connectivity index (χ4v) is 10.1. The van der Waals surface area contributed by atoms with Gasteiger partial charge in [-0.1, -0.05) is 164 Å². The molecule has 0 saturated carbocycles. The van der Waals surface area contributed by atoms with Crippen LogP contribution in [0.5, 0.6) is 0 Å². The molecule has 0 aliphatic rings. The van der Waals surface area contributed by atoms with Crippen molar-refractivity contribution in [3.05, 3.63) is 188 Å². The number of benzene rings is 8. The molecule has 0 fully saturated rings. The smallest absolute Gasteiger partial charge is 0.146 e. The quantitative estimate of drug-likeness (QED) is 0.133. The third-order valence-corrected chi connectivity index (χ3v) is 12.5. The second-order valence-electron chi connectivity index (χ2n) is 12.8. The Hall–Kier alpha value is -6.08. The molecule has 0 N–H and O–H groups in total. The fourth-order valence-electron chi connectivity index (χ4n) is 7.65. The number of pyridine rings is 1. The summed E-state index contributed by atoms with van der Waals surface area (Å²) < 4.78 is 2.32. The monoisotopic (exact) mass is 654 g/mol. The van der Waals surface area contributed by atoms with E-state index in [-0.39, 0.29) is 0 Å². The van der Waals surface area contributed by atoms with Crippen LogP contribution in [0.1, 0.15) is 0 Å². The molecule has 0 bridgehead atoms. The van der Waals surface area contributed by atoms with E-state index in [2.05, 4.69) is 192 Å². The molecule has 0 radical (unpaired) electrons. The minimum atomic E-state index is -0.715. The minimum Gasteiger partial charge on any atom is -0.292 e. The highest BCUT2D eigenvalue weighted by molar-refractivity contribution is 7.80. The number of aromatic nitrogens is 2. The van der Waals surface area contributed by atoms with Crippen molar-refractivity contribution < 1.29 is 0 Å². The van der Waals surface area contributed by atoms with E-state index in [0.29, 0.717) is 0 Å². The molecule has 234 valence electrons. The number of rotatable bonds is 5. The van der Waals surface area contributed by atoms with Crippen LogP contribution >= 0.6 is 7.92 Å². The van der Waals surface area contributed by atoms with Crippen LogP contribution in [-0.2, 0) is 0 Å². The lowest BCUT2D eigenvalue weighted by molar-refractivity contribution is 1.31. The van der Waals surface area contributed by atoms with Crippen molar-refractivity contribution in [2.75, 3.05) is 0 Å². The Morgan fingerprint density at radius 2 is 0.980 bits per heavy atom. The summed E-state index contributed by atoms with van der Waals surface area (Å²) in [7, 11) is -0.715. The van der Waals surface area contributed by atoms with Gasteiger partial charge in [0.2, 0.25) is 0 Å². The molecule has 3 heteroatoms. The maximum atomic E-state index is 5.13. The van der Waals surface area contributed by atoms with Gasteiger partial charge in [0.15, 0.2) is 0 Å². The van der Waals surface area contributed by atoms with Crippen molar-refractivity contribution in [1.29, 1.82) is 0 Å². The average molecular weight is 655 g/mol. The molecule has 8 aromatic carbocycles. The van der Waals surface area contributed by atoms with Crippen molar-refractivity contribution in [1.82, 2.24) is 9.38 Å². The van der Waals surface area contributed by atoms with Crippen LogP contribution in [0.3, 0.4) is 0 Å². The van der Waals surface area contributed by atoms with Gasteiger partial charge >= 0.3 is 0 Å². The summed E-state index contributed by atoms with van der Waals surface area (Å²) >= 11 is 0. The summed E-state index contributed by atoms with van der Waals surface area (Å²) in [5.74, 6) is 0. The summed E-state index contributed by atoms with van der Waals surface area (Å²) in [6.07, 6.45) is 0. The molecule has 10 aromatic rings. The normalized spacial score (nSPS) is 11.8. The van der Waals surface area contributed by atoms with Gasteiger partial charge in [-0.2, -0.15) is 0 Å². The Balaban J connectivity index is 1.08. The number of para-hydroxylation sites is 3. The second kappa shape index (κ2) is 11.8. The minimum absolute atomic E-state index is 0.715.